The Labute approximate surface area is 133 Å². The van der Waals surface area contributed by atoms with Crippen molar-refractivity contribution in [2.45, 2.75) is 39.9 Å². The number of nitrogens with one attached hydrogen (secondary N) is 1. The van der Waals surface area contributed by atoms with Gasteiger partial charge in [-0.1, -0.05) is 13.8 Å². The summed E-state index contributed by atoms with van der Waals surface area (Å²) in [7, 11) is 0. The second-order valence-corrected chi connectivity index (χ2v) is 5.62. The summed E-state index contributed by atoms with van der Waals surface area (Å²) < 4.78 is 5.61. The van der Waals surface area contributed by atoms with E-state index in [1.165, 1.54) is 6.20 Å². The van der Waals surface area contributed by atoms with Crippen LogP contribution in [-0.4, -0.2) is 67.2 Å². The Bertz CT molecular complexity index is 416. The van der Waals surface area contributed by atoms with Gasteiger partial charge in [-0.25, -0.2) is 0 Å². The predicted octanol–water partition coefficient (Wildman–Crippen LogP) is 0.961. The molecule has 1 rings (SSSR count). The minimum atomic E-state index is -0.222. The molecule has 0 radical (unpaired) electrons. The second kappa shape index (κ2) is 9.44. The van der Waals surface area contributed by atoms with Crippen molar-refractivity contribution in [3.8, 4) is 6.07 Å². The maximum atomic E-state index is 12.4. The third kappa shape index (κ3) is 5.66. The molecule has 0 aliphatic carbocycles. The predicted molar refractivity (Wildman–Crippen MR) is 86.1 cm³/mol. The lowest BCUT2D eigenvalue weighted by Crippen LogP contribution is -2.48. The van der Waals surface area contributed by atoms with E-state index in [9.17, 15) is 10.1 Å². The van der Waals surface area contributed by atoms with Gasteiger partial charge in [-0.05, 0) is 26.9 Å². The molecule has 1 aliphatic rings. The van der Waals surface area contributed by atoms with Gasteiger partial charge in [0, 0.05) is 32.4 Å². The molecule has 6 nitrogen and oxygen atoms in total. The van der Waals surface area contributed by atoms with Gasteiger partial charge in [-0.3, -0.25) is 4.79 Å². The number of nitriles is 1. The minimum absolute atomic E-state index is 0.00303. The number of likely N-dealkylation sites (N-methyl/N-ethyl adjacent to an activating group) is 1. The standard InChI is InChI=1S/C16H28N4O2/c1-5-19(6-2)8-7-18-10-15(9-17)16(21)20-11-13(3)22-14(4)12-20/h10,13-14,18H,5-8,11-12H2,1-4H3/b15-10-. The molecule has 1 saturated heterocycles. The number of morpholine rings is 1. The Hall–Kier alpha value is -1.58. The molecule has 0 spiro atoms. The van der Waals surface area contributed by atoms with E-state index in [-0.39, 0.29) is 23.7 Å². The number of nitrogens with zero attached hydrogens (tertiary/aromatic N) is 3. The molecule has 124 valence electrons. The van der Waals surface area contributed by atoms with Crippen LogP contribution in [0.1, 0.15) is 27.7 Å². The second-order valence-electron chi connectivity index (χ2n) is 5.62. The lowest BCUT2D eigenvalue weighted by atomic mass is 10.2. The van der Waals surface area contributed by atoms with Crippen molar-refractivity contribution >= 4 is 5.91 Å². The van der Waals surface area contributed by atoms with E-state index in [2.05, 4.69) is 24.1 Å². The van der Waals surface area contributed by atoms with E-state index in [0.717, 1.165) is 26.2 Å². The van der Waals surface area contributed by atoms with Crippen molar-refractivity contribution in [1.29, 1.82) is 5.26 Å². The largest absolute Gasteiger partial charge is 0.388 e. The van der Waals surface area contributed by atoms with Gasteiger partial charge < -0.3 is 19.9 Å². The van der Waals surface area contributed by atoms with Crippen LogP contribution in [0.15, 0.2) is 11.8 Å². The van der Waals surface area contributed by atoms with E-state index < -0.39 is 0 Å². The summed E-state index contributed by atoms with van der Waals surface area (Å²) in [6.45, 7) is 12.8. The van der Waals surface area contributed by atoms with Gasteiger partial charge in [0.05, 0.1) is 12.2 Å². The number of amides is 1. The highest BCUT2D eigenvalue weighted by molar-refractivity contribution is 5.97. The summed E-state index contributed by atoms with van der Waals surface area (Å²) in [5, 5.41) is 12.3. The quantitative estimate of drug-likeness (QED) is 0.431. The molecule has 0 aromatic carbocycles. The van der Waals surface area contributed by atoms with Crippen molar-refractivity contribution in [2.24, 2.45) is 0 Å². The SMILES string of the molecule is CCN(CC)CCN/C=C(/C#N)C(=O)N1CC(C)OC(C)C1. The Kier molecular flexibility index (Phi) is 7.92. The van der Waals surface area contributed by atoms with Crippen LogP contribution in [-0.2, 0) is 9.53 Å². The molecule has 1 aliphatic heterocycles. The summed E-state index contributed by atoms with van der Waals surface area (Å²) in [5.41, 5.74) is 0.154. The monoisotopic (exact) mass is 308 g/mol. The van der Waals surface area contributed by atoms with E-state index in [4.69, 9.17) is 4.74 Å². The van der Waals surface area contributed by atoms with E-state index in [1.54, 1.807) is 4.90 Å². The Balaban J connectivity index is 2.53. The van der Waals surface area contributed by atoms with E-state index in [1.807, 2.05) is 19.9 Å². The fourth-order valence-corrected chi connectivity index (χ4v) is 2.59. The zero-order chi connectivity index (χ0) is 16.5. The van der Waals surface area contributed by atoms with Crippen molar-refractivity contribution in [3.05, 3.63) is 11.8 Å². The highest BCUT2D eigenvalue weighted by Crippen LogP contribution is 2.13. The highest BCUT2D eigenvalue weighted by Gasteiger charge is 2.27. The Morgan fingerprint density at radius 1 is 1.36 bits per heavy atom. The van der Waals surface area contributed by atoms with Crippen LogP contribution in [0.4, 0.5) is 0 Å². The van der Waals surface area contributed by atoms with Crippen LogP contribution in [0.2, 0.25) is 0 Å². The first-order chi connectivity index (χ1) is 10.5. The first-order valence-electron chi connectivity index (χ1n) is 8.02. The van der Waals surface area contributed by atoms with Crippen molar-refractivity contribution in [2.75, 3.05) is 39.3 Å². The van der Waals surface area contributed by atoms with Gasteiger partial charge >= 0.3 is 0 Å². The van der Waals surface area contributed by atoms with Crippen LogP contribution >= 0.6 is 0 Å². The van der Waals surface area contributed by atoms with Gasteiger partial charge in [0.1, 0.15) is 11.6 Å². The molecule has 22 heavy (non-hydrogen) atoms. The van der Waals surface area contributed by atoms with Gasteiger partial charge in [-0.2, -0.15) is 5.26 Å². The first kappa shape index (κ1) is 18.5. The van der Waals surface area contributed by atoms with Crippen LogP contribution in [0, 0.1) is 11.3 Å². The number of carbonyl (C=O) groups excluding carboxylic acids is 1. The molecule has 1 fully saturated rings. The van der Waals surface area contributed by atoms with Crippen molar-refractivity contribution < 1.29 is 9.53 Å². The zero-order valence-electron chi connectivity index (χ0n) is 14.1. The van der Waals surface area contributed by atoms with Crippen molar-refractivity contribution in [3.63, 3.8) is 0 Å². The zero-order valence-corrected chi connectivity index (χ0v) is 14.1. The Morgan fingerprint density at radius 3 is 2.45 bits per heavy atom. The summed E-state index contributed by atoms with van der Waals surface area (Å²) in [6, 6.07) is 2.00. The third-order valence-corrected chi connectivity index (χ3v) is 3.77. The summed E-state index contributed by atoms with van der Waals surface area (Å²) in [6.07, 6.45) is 1.54. The first-order valence-corrected chi connectivity index (χ1v) is 8.02. The molecule has 0 saturated carbocycles. The van der Waals surface area contributed by atoms with Gasteiger partial charge in [0.15, 0.2) is 0 Å². The maximum Gasteiger partial charge on any atom is 0.266 e. The minimum Gasteiger partial charge on any atom is -0.388 e. The van der Waals surface area contributed by atoms with E-state index >= 15 is 0 Å². The fraction of sp³-hybridized carbons (Fsp3) is 0.750. The molecule has 0 bridgehead atoms. The van der Waals surface area contributed by atoms with Crippen molar-refractivity contribution in [1.82, 2.24) is 15.1 Å². The number of hydrogen-bond acceptors (Lipinski definition) is 5. The summed E-state index contributed by atoms with van der Waals surface area (Å²) in [5.74, 6) is -0.222. The third-order valence-electron chi connectivity index (χ3n) is 3.77. The summed E-state index contributed by atoms with van der Waals surface area (Å²) >= 11 is 0. The molecule has 0 aromatic rings. The fourth-order valence-electron chi connectivity index (χ4n) is 2.59. The molecule has 0 aromatic heterocycles. The van der Waals surface area contributed by atoms with Crippen LogP contribution in [0.5, 0.6) is 0 Å². The lowest BCUT2D eigenvalue weighted by Gasteiger charge is -2.35. The number of rotatable bonds is 7. The van der Waals surface area contributed by atoms with Crippen LogP contribution in [0.25, 0.3) is 0 Å². The molecule has 1 N–H and O–H groups in total. The smallest absolute Gasteiger partial charge is 0.266 e. The number of ether oxygens (including phenoxy) is 1. The molecule has 1 heterocycles. The van der Waals surface area contributed by atoms with Gasteiger partial charge in [0.2, 0.25) is 0 Å². The molecular formula is C16H28N4O2. The average molecular weight is 308 g/mol. The van der Waals surface area contributed by atoms with Gasteiger partial charge in [-0.15, -0.1) is 0 Å². The summed E-state index contributed by atoms with van der Waals surface area (Å²) in [4.78, 5) is 16.4. The maximum absolute atomic E-state index is 12.4. The normalized spacial score (nSPS) is 22.5. The number of hydrogen-bond donors (Lipinski definition) is 1. The number of carbonyl (C=O) groups is 1. The van der Waals surface area contributed by atoms with Gasteiger partial charge in [0.25, 0.3) is 5.91 Å². The van der Waals surface area contributed by atoms with E-state index in [0.29, 0.717) is 13.1 Å². The van der Waals surface area contributed by atoms with Crippen LogP contribution in [0.3, 0.4) is 0 Å². The average Bonchev–Trinajstić information content (AvgIpc) is 2.49. The molecule has 1 amide bonds. The molecule has 6 heteroatoms. The topological polar surface area (TPSA) is 68.6 Å². The molecular weight excluding hydrogens is 280 g/mol. The lowest BCUT2D eigenvalue weighted by molar-refractivity contribution is -0.138. The highest BCUT2D eigenvalue weighted by atomic mass is 16.5. The Morgan fingerprint density at radius 2 is 1.95 bits per heavy atom. The molecule has 2 atom stereocenters. The van der Waals surface area contributed by atoms with Crippen LogP contribution < -0.4 is 5.32 Å². The molecule has 2 unspecified atom stereocenters.